The van der Waals surface area contributed by atoms with E-state index in [1.807, 2.05) is 31.2 Å². The summed E-state index contributed by atoms with van der Waals surface area (Å²) in [4.78, 5) is 15.6. The Hall–Kier alpha value is -1.88. The predicted octanol–water partition coefficient (Wildman–Crippen LogP) is 1.27. The first kappa shape index (κ1) is 14.2. The summed E-state index contributed by atoms with van der Waals surface area (Å²) in [6.07, 6.45) is 0.451. The van der Waals surface area contributed by atoms with Crippen LogP contribution in [0.25, 0.3) is 0 Å². The molecule has 1 aromatic rings. The van der Waals surface area contributed by atoms with Gasteiger partial charge in [0.05, 0.1) is 5.71 Å². The lowest BCUT2D eigenvalue weighted by atomic mass is 10.0. The quantitative estimate of drug-likeness (QED) is 0.589. The summed E-state index contributed by atoms with van der Waals surface area (Å²) in [5.41, 5.74) is 2.70. The molecule has 0 saturated carbocycles. The largest absolute Gasteiger partial charge is 0.480 e. The minimum absolute atomic E-state index is 0.451. The topological polar surface area (TPSA) is 70.9 Å². The molecule has 5 nitrogen and oxygen atoms in total. The van der Waals surface area contributed by atoms with Crippen LogP contribution in [0, 0.1) is 0 Å². The summed E-state index contributed by atoms with van der Waals surface area (Å²) in [7, 11) is 3.14. The monoisotopic (exact) mass is 250 g/mol. The Bertz CT molecular complexity index is 426. The highest BCUT2D eigenvalue weighted by Crippen LogP contribution is 2.08. The molecule has 2 N–H and O–H groups in total. The fourth-order valence-corrected chi connectivity index (χ4v) is 1.62. The van der Waals surface area contributed by atoms with E-state index in [-0.39, 0.29) is 0 Å². The molecule has 0 aliphatic heterocycles. The Balaban J connectivity index is 2.77. The van der Waals surface area contributed by atoms with Crippen molar-refractivity contribution in [3.05, 3.63) is 35.4 Å². The van der Waals surface area contributed by atoms with E-state index >= 15 is 0 Å². The van der Waals surface area contributed by atoms with Gasteiger partial charge in [-0.3, -0.25) is 4.79 Å². The molecule has 1 atom stereocenters. The second kappa shape index (κ2) is 6.76. The smallest absolute Gasteiger partial charge is 0.321 e. The Labute approximate surface area is 106 Å². The highest BCUT2D eigenvalue weighted by Gasteiger charge is 2.15. The maximum absolute atomic E-state index is 10.9. The van der Waals surface area contributed by atoms with Crippen LogP contribution >= 0.6 is 0 Å². The molecule has 1 rings (SSSR count). The lowest BCUT2D eigenvalue weighted by molar-refractivity contribution is -0.139. The first-order valence-corrected chi connectivity index (χ1v) is 5.65. The Kier molecular flexibility index (Phi) is 5.32. The van der Waals surface area contributed by atoms with Crippen molar-refractivity contribution in [3.8, 4) is 0 Å². The maximum atomic E-state index is 10.9. The number of nitrogens with one attached hydrogen (secondary N) is 1. The number of oxime groups is 1. The lowest BCUT2D eigenvalue weighted by Gasteiger charge is -2.11. The van der Waals surface area contributed by atoms with E-state index in [1.165, 1.54) is 7.11 Å². The Morgan fingerprint density at radius 1 is 1.44 bits per heavy atom. The second-order valence-corrected chi connectivity index (χ2v) is 3.94. The predicted molar refractivity (Wildman–Crippen MR) is 69.8 cm³/mol. The van der Waals surface area contributed by atoms with Gasteiger partial charge in [-0.15, -0.1) is 0 Å². The van der Waals surface area contributed by atoms with Crippen molar-refractivity contribution in [2.45, 2.75) is 19.4 Å². The average molecular weight is 250 g/mol. The second-order valence-electron chi connectivity index (χ2n) is 3.94. The van der Waals surface area contributed by atoms with E-state index < -0.39 is 12.0 Å². The number of hydrogen-bond acceptors (Lipinski definition) is 4. The van der Waals surface area contributed by atoms with Crippen LogP contribution in [0.1, 0.15) is 18.1 Å². The fourth-order valence-electron chi connectivity index (χ4n) is 1.62. The average Bonchev–Trinajstić information content (AvgIpc) is 2.36. The van der Waals surface area contributed by atoms with Crippen molar-refractivity contribution in [3.63, 3.8) is 0 Å². The van der Waals surface area contributed by atoms with Crippen molar-refractivity contribution in [1.29, 1.82) is 0 Å². The van der Waals surface area contributed by atoms with E-state index in [4.69, 9.17) is 9.94 Å². The third-order valence-electron chi connectivity index (χ3n) is 2.69. The van der Waals surface area contributed by atoms with Crippen molar-refractivity contribution in [2.24, 2.45) is 5.16 Å². The van der Waals surface area contributed by atoms with E-state index in [0.717, 1.165) is 16.8 Å². The molecule has 98 valence electrons. The van der Waals surface area contributed by atoms with Crippen molar-refractivity contribution in [2.75, 3.05) is 14.2 Å². The summed E-state index contributed by atoms with van der Waals surface area (Å²) in [5.74, 6) is -0.848. The fraction of sp³-hybridized carbons (Fsp3) is 0.385. The van der Waals surface area contributed by atoms with Gasteiger partial charge in [-0.2, -0.15) is 0 Å². The Morgan fingerprint density at radius 2 is 2.06 bits per heavy atom. The number of carboxylic acids is 1. The third kappa shape index (κ3) is 3.85. The molecule has 0 bridgehead atoms. The van der Waals surface area contributed by atoms with Gasteiger partial charge < -0.3 is 15.3 Å². The first-order valence-electron chi connectivity index (χ1n) is 5.65. The number of carbonyl (C=O) groups is 1. The molecule has 0 saturated heterocycles. The zero-order valence-electron chi connectivity index (χ0n) is 10.8. The normalized spacial score (nSPS) is 13.2. The molecule has 0 aromatic heterocycles. The van der Waals surface area contributed by atoms with Gasteiger partial charge in [0.25, 0.3) is 0 Å². The zero-order valence-corrected chi connectivity index (χ0v) is 10.8. The molecule has 0 fully saturated rings. The van der Waals surface area contributed by atoms with Gasteiger partial charge in [0.2, 0.25) is 0 Å². The summed E-state index contributed by atoms with van der Waals surface area (Å²) in [6.45, 7) is 1.85. The zero-order chi connectivity index (χ0) is 13.5. The van der Waals surface area contributed by atoms with Crippen LogP contribution < -0.4 is 5.32 Å². The van der Waals surface area contributed by atoms with Gasteiger partial charge >= 0.3 is 5.97 Å². The third-order valence-corrected chi connectivity index (χ3v) is 2.69. The molecule has 0 spiro atoms. The van der Waals surface area contributed by atoms with Crippen LogP contribution in [-0.2, 0) is 16.1 Å². The number of benzene rings is 1. The number of aliphatic carboxylic acids is 1. The van der Waals surface area contributed by atoms with Gasteiger partial charge in [-0.1, -0.05) is 29.4 Å². The van der Waals surface area contributed by atoms with Gasteiger partial charge in [0.15, 0.2) is 0 Å². The van der Waals surface area contributed by atoms with E-state index in [0.29, 0.717) is 6.42 Å². The number of likely N-dealkylation sites (N-methyl/N-ethyl adjacent to an activating group) is 1. The van der Waals surface area contributed by atoms with Crippen LogP contribution in [0.2, 0.25) is 0 Å². The first-order chi connectivity index (χ1) is 8.58. The molecule has 5 heteroatoms. The van der Waals surface area contributed by atoms with Gasteiger partial charge in [0, 0.05) is 0 Å². The number of rotatable bonds is 6. The highest BCUT2D eigenvalue weighted by molar-refractivity contribution is 5.98. The molecule has 0 aliphatic carbocycles. The van der Waals surface area contributed by atoms with Crippen molar-refractivity contribution >= 4 is 11.7 Å². The molecular formula is C13H18N2O3. The van der Waals surface area contributed by atoms with Gasteiger partial charge in [-0.25, -0.2) is 0 Å². The lowest BCUT2D eigenvalue weighted by Crippen LogP contribution is -2.35. The maximum Gasteiger partial charge on any atom is 0.321 e. The van der Waals surface area contributed by atoms with Gasteiger partial charge in [-0.05, 0) is 31.5 Å². The molecule has 18 heavy (non-hydrogen) atoms. The summed E-state index contributed by atoms with van der Waals surface area (Å²) < 4.78 is 0. The number of hydrogen-bond donors (Lipinski definition) is 2. The summed E-state index contributed by atoms with van der Waals surface area (Å²) in [6, 6.07) is 7.04. The highest BCUT2D eigenvalue weighted by atomic mass is 16.6. The summed E-state index contributed by atoms with van der Waals surface area (Å²) in [5, 5.41) is 15.6. The van der Waals surface area contributed by atoms with Crippen LogP contribution in [0.15, 0.2) is 29.4 Å². The minimum atomic E-state index is -0.848. The molecule has 0 amide bonds. The van der Waals surface area contributed by atoms with Crippen LogP contribution in [0.3, 0.4) is 0 Å². The number of carboxylic acid groups (broad SMARTS) is 1. The standard InChI is InChI=1S/C13H18N2O3/c1-9(15-18-3)11-6-4-10(5-7-11)8-12(14-2)13(16)17/h4-7,12,14H,8H2,1-3H3,(H,16,17)/b15-9-. The van der Waals surface area contributed by atoms with Crippen molar-refractivity contribution < 1.29 is 14.7 Å². The van der Waals surface area contributed by atoms with Crippen LogP contribution in [-0.4, -0.2) is 37.0 Å². The van der Waals surface area contributed by atoms with Crippen LogP contribution in [0.5, 0.6) is 0 Å². The molecule has 1 unspecified atom stereocenters. The molecule has 0 heterocycles. The number of nitrogens with zero attached hydrogens (tertiary/aromatic N) is 1. The van der Waals surface area contributed by atoms with E-state index in [2.05, 4.69) is 10.5 Å². The molecule has 0 aliphatic rings. The molecular weight excluding hydrogens is 232 g/mol. The SMILES string of the molecule is CNC(Cc1ccc(/C(C)=N\OC)cc1)C(=O)O. The van der Waals surface area contributed by atoms with E-state index in [9.17, 15) is 4.79 Å². The van der Waals surface area contributed by atoms with E-state index in [1.54, 1.807) is 7.05 Å². The van der Waals surface area contributed by atoms with Gasteiger partial charge in [0.1, 0.15) is 13.2 Å². The Morgan fingerprint density at radius 3 is 2.50 bits per heavy atom. The molecule has 0 radical (unpaired) electrons. The van der Waals surface area contributed by atoms with Crippen molar-refractivity contribution in [1.82, 2.24) is 5.32 Å². The summed E-state index contributed by atoms with van der Waals surface area (Å²) >= 11 is 0. The minimum Gasteiger partial charge on any atom is -0.480 e. The van der Waals surface area contributed by atoms with Crippen LogP contribution in [0.4, 0.5) is 0 Å². The molecule has 1 aromatic carbocycles.